The third kappa shape index (κ3) is 2.61. The van der Waals surface area contributed by atoms with Crippen molar-refractivity contribution in [3.63, 3.8) is 0 Å². The smallest absolute Gasteiger partial charge is 0.237 e. The van der Waals surface area contributed by atoms with Gasteiger partial charge in [-0.1, -0.05) is 0 Å². The summed E-state index contributed by atoms with van der Waals surface area (Å²) >= 11 is 0. The molecule has 1 rings (SSSR count). The lowest BCUT2D eigenvalue weighted by Crippen LogP contribution is -2.16. The highest BCUT2D eigenvalue weighted by Crippen LogP contribution is 1.88. The Labute approximate surface area is 65.5 Å². The molecule has 0 unspecified atom stereocenters. The number of hydrazine groups is 1. The molecule has 10 heavy (non-hydrogen) atoms. The second kappa shape index (κ2) is 4.96. The number of rotatable bonds is 2. The van der Waals surface area contributed by atoms with Crippen LogP contribution in [0.15, 0.2) is 18.5 Å². The van der Waals surface area contributed by atoms with E-state index in [4.69, 9.17) is 0 Å². The predicted molar refractivity (Wildman–Crippen MR) is 42.0 cm³/mol. The van der Waals surface area contributed by atoms with Crippen molar-refractivity contribution in [3.8, 4) is 0 Å². The molecule has 0 fully saturated rings. The number of hydrogen-bond donors (Lipinski definition) is 2. The zero-order valence-corrected chi connectivity index (χ0v) is 6.35. The maximum atomic E-state index is 3.88. The van der Waals surface area contributed by atoms with Crippen LogP contribution in [0.25, 0.3) is 0 Å². The SMILES string of the molecule is CNNc1ncccn1.Cl. The Morgan fingerprint density at radius 1 is 1.30 bits per heavy atom. The zero-order valence-electron chi connectivity index (χ0n) is 5.53. The van der Waals surface area contributed by atoms with Crippen LogP contribution in [0.1, 0.15) is 0 Å². The Hall–Kier alpha value is -0.870. The zero-order chi connectivity index (χ0) is 6.53. The van der Waals surface area contributed by atoms with Crippen molar-refractivity contribution in [1.29, 1.82) is 0 Å². The molecular weight excluding hydrogens is 152 g/mol. The van der Waals surface area contributed by atoms with Gasteiger partial charge in [0.05, 0.1) is 0 Å². The van der Waals surface area contributed by atoms with Crippen molar-refractivity contribution in [2.24, 2.45) is 0 Å². The maximum Gasteiger partial charge on any atom is 0.237 e. The molecular formula is C5H9ClN4. The maximum absolute atomic E-state index is 3.88. The molecule has 0 aliphatic rings. The molecule has 5 heteroatoms. The molecule has 1 heterocycles. The lowest BCUT2D eigenvalue weighted by molar-refractivity contribution is 0.938. The lowest BCUT2D eigenvalue weighted by Gasteiger charge is -1.97. The van der Waals surface area contributed by atoms with E-state index in [0.717, 1.165) is 0 Å². The molecule has 1 aromatic heterocycles. The summed E-state index contributed by atoms with van der Waals surface area (Å²) in [5, 5.41) is 0. The standard InChI is InChI=1S/C5H8N4.ClH/c1-6-9-5-7-3-2-4-8-5;/h2-4,6H,1H3,(H,7,8,9);1H. The Balaban J connectivity index is 0.000000810. The highest BCUT2D eigenvalue weighted by molar-refractivity contribution is 5.85. The molecule has 1 aromatic rings. The fourth-order valence-corrected chi connectivity index (χ4v) is 0.475. The molecule has 0 spiro atoms. The second-order valence-electron chi connectivity index (χ2n) is 1.45. The van der Waals surface area contributed by atoms with Crippen LogP contribution < -0.4 is 10.9 Å². The molecule has 2 N–H and O–H groups in total. The van der Waals surface area contributed by atoms with Gasteiger partial charge in [0, 0.05) is 19.4 Å². The van der Waals surface area contributed by atoms with Gasteiger partial charge in [-0.2, -0.15) is 0 Å². The van der Waals surface area contributed by atoms with Crippen LogP contribution in [0, 0.1) is 0 Å². The van der Waals surface area contributed by atoms with E-state index in [2.05, 4.69) is 20.8 Å². The molecule has 0 saturated heterocycles. The minimum absolute atomic E-state index is 0. The molecule has 0 aliphatic heterocycles. The first-order valence-electron chi connectivity index (χ1n) is 2.63. The van der Waals surface area contributed by atoms with Crippen LogP contribution in [-0.4, -0.2) is 17.0 Å². The predicted octanol–water partition coefficient (Wildman–Crippen LogP) is 0.445. The Morgan fingerprint density at radius 2 is 1.90 bits per heavy atom. The largest absolute Gasteiger partial charge is 0.290 e. The number of nitrogens with one attached hydrogen (secondary N) is 2. The van der Waals surface area contributed by atoms with E-state index in [9.17, 15) is 0 Å². The van der Waals surface area contributed by atoms with Gasteiger partial charge in [-0.05, 0) is 6.07 Å². The monoisotopic (exact) mass is 160 g/mol. The molecule has 0 radical (unpaired) electrons. The third-order valence-electron chi connectivity index (χ3n) is 0.803. The lowest BCUT2D eigenvalue weighted by atomic mass is 10.7. The number of aromatic nitrogens is 2. The van der Waals surface area contributed by atoms with Crippen molar-refractivity contribution < 1.29 is 0 Å². The van der Waals surface area contributed by atoms with E-state index in [1.807, 2.05) is 0 Å². The molecule has 0 amide bonds. The summed E-state index contributed by atoms with van der Waals surface area (Å²) in [4.78, 5) is 7.77. The van der Waals surface area contributed by atoms with Crippen LogP contribution in [-0.2, 0) is 0 Å². The number of halogens is 1. The van der Waals surface area contributed by atoms with Crippen molar-refractivity contribution in [3.05, 3.63) is 18.5 Å². The van der Waals surface area contributed by atoms with Crippen molar-refractivity contribution in [2.45, 2.75) is 0 Å². The van der Waals surface area contributed by atoms with Gasteiger partial charge in [-0.15, -0.1) is 12.4 Å². The van der Waals surface area contributed by atoms with E-state index in [1.165, 1.54) is 0 Å². The van der Waals surface area contributed by atoms with Gasteiger partial charge < -0.3 is 0 Å². The molecule has 56 valence electrons. The van der Waals surface area contributed by atoms with Gasteiger partial charge in [0.2, 0.25) is 5.95 Å². The Kier molecular flexibility index (Phi) is 4.53. The molecule has 0 atom stereocenters. The molecule has 0 saturated carbocycles. The van der Waals surface area contributed by atoms with Crippen molar-refractivity contribution in [1.82, 2.24) is 15.4 Å². The van der Waals surface area contributed by atoms with Gasteiger partial charge in [-0.3, -0.25) is 5.43 Å². The Morgan fingerprint density at radius 3 is 2.40 bits per heavy atom. The normalized spacial score (nSPS) is 8.10. The first-order valence-corrected chi connectivity index (χ1v) is 2.63. The van der Waals surface area contributed by atoms with Crippen LogP contribution >= 0.6 is 12.4 Å². The summed E-state index contributed by atoms with van der Waals surface area (Å²) in [6, 6.07) is 1.76. The summed E-state index contributed by atoms with van der Waals surface area (Å²) in [5.41, 5.74) is 5.44. The highest BCUT2D eigenvalue weighted by Gasteiger charge is 1.84. The van der Waals surface area contributed by atoms with E-state index in [1.54, 1.807) is 25.5 Å². The summed E-state index contributed by atoms with van der Waals surface area (Å²) in [5.74, 6) is 0.583. The number of anilines is 1. The van der Waals surface area contributed by atoms with E-state index in [0.29, 0.717) is 5.95 Å². The van der Waals surface area contributed by atoms with Crippen molar-refractivity contribution in [2.75, 3.05) is 12.5 Å². The van der Waals surface area contributed by atoms with E-state index < -0.39 is 0 Å². The summed E-state index contributed by atoms with van der Waals surface area (Å²) in [7, 11) is 1.76. The number of nitrogens with zero attached hydrogens (tertiary/aromatic N) is 2. The number of hydrogen-bond acceptors (Lipinski definition) is 4. The van der Waals surface area contributed by atoms with Crippen LogP contribution in [0.4, 0.5) is 5.95 Å². The van der Waals surface area contributed by atoms with Crippen LogP contribution in [0.3, 0.4) is 0 Å². The molecule has 4 nitrogen and oxygen atoms in total. The fraction of sp³-hybridized carbons (Fsp3) is 0.200. The summed E-state index contributed by atoms with van der Waals surface area (Å²) < 4.78 is 0. The highest BCUT2D eigenvalue weighted by atomic mass is 35.5. The first kappa shape index (κ1) is 9.13. The van der Waals surface area contributed by atoms with Crippen molar-refractivity contribution >= 4 is 18.4 Å². The minimum Gasteiger partial charge on any atom is -0.290 e. The third-order valence-corrected chi connectivity index (χ3v) is 0.803. The van der Waals surface area contributed by atoms with Gasteiger partial charge in [0.25, 0.3) is 0 Å². The van der Waals surface area contributed by atoms with Gasteiger partial charge in [-0.25, -0.2) is 15.4 Å². The average molecular weight is 161 g/mol. The second-order valence-corrected chi connectivity index (χ2v) is 1.45. The van der Waals surface area contributed by atoms with Crippen LogP contribution in [0.5, 0.6) is 0 Å². The van der Waals surface area contributed by atoms with E-state index in [-0.39, 0.29) is 12.4 Å². The molecule has 0 aliphatic carbocycles. The average Bonchev–Trinajstić information content (AvgIpc) is 1.91. The fourth-order valence-electron chi connectivity index (χ4n) is 0.475. The topological polar surface area (TPSA) is 49.8 Å². The minimum atomic E-state index is 0. The van der Waals surface area contributed by atoms with Gasteiger partial charge in [0.1, 0.15) is 0 Å². The first-order chi connectivity index (χ1) is 4.43. The van der Waals surface area contributed by atoms with Gasteiger partial charge >= 0.3 is 0 Å². The van der Waals surface area contributed by atoms with E-state index >= 15 is 0 Å². The summed E-state index contributed by atoms with van der Waals surface area (Å²) in [6.07, 6.45) is 3.35. The van der Waals surface area contributed by atoms with Crippen LogP contribution in [0.2, 0.25) is 0 Å². The summed E-state index contributed by atoms with van der Waals surface area (Å²) in [6.45, 7) is 0. The molecule has 0 aromatic carbocycles. The Bertz CT molecular complexity index is 167. The molecule has 0 bridgehead atoms. The van der Waals surface area contributed by atoms with Gasteiger partial charge in [0.15, 0.2) is 0 Å². The quantitative estimate of drug-likeness (QED) is 0.617.